The van der Waals surface area contributed by atoms with Crippen LogP contribution < -0.4 is 31.3 Å². The number of nitrogens with zero attached hydrogens (tertiary/aromatic N) is 4. The first-order chi connectivity index (χ1) is 31.0. The zero-order valence-corrected chi connectivity index (χ0v) is 35.7. The number of aromatic nitrogens is 2. The van der Waals surface area contributed by atoms with Gasteiger partial charge in [-0.3, -0.25) is 43.9 Å². The monoisotopic (exact) mass is 899 g/mol. The van der Waals surface area contributed by atoms with Crippen LogP contribution in [-0.4, -0.2) is 127 Å². The molecule has 0 saturated carbocycles. The average molecular weight is 900 g/mol. The van der Waals surface area contributed by atoms with E-state index in [1.165, 1.54) is 43.8 Å². The second-order valence-electron chi connectivity index (χ2n) is 15.2. The summed E-state index contributed by atoms with van der Waals surface area (Å²) in [5, 5.41) is 14.9. The summed E-state index contributed by atoms with van der Waals surface area (Å²) in [7, 11) is 1.49. The molecule has 0 spiro atoms. The molecule has 20 heteroatoms. The summed E-state index contributed by atoms with van der Waals surface area (Å²) in [4.78, 5) is 87.5. The number of anilines is 4. The molecule has 3 aliphatic heterocycles. The van der Waals surface area contributed by atoms with Crippen LogP contribution in [0.1, 0.15) is 52.8 Å². The Labute approximate surface area is 372 Å². The Morgan fingerprint density at radius 1 is 0.953 bits per heavy atom. The van der Waals surface area contributed by atoms with E-state index in [0.29, 0.717) is 52.6 Å². The molecule has 2 fully saturated rings. The molecular weight excluding hydrogens is 853 g/mol. The third-order valence-corrected chi connectivity index (χ3v) is 11.1. The van der Waals surface area contributed by atoms with E-state index in [1.54, 1.807) is 30.3 Å². The molecular formula is C44H47ClFN9O9. The standard InChI is InChI=1S/C44H47ClFN9O9/c1-62-36-24-33-29(41(49-25-48-33)51-27-7-8-31(46)30(45)22-27)23-34(36)52-37(56)6-3-15-54-16-11-26(12-17-54)50-39(58)13-18-63-20-21-64-19-14-47-32-5-2-4-28-40(32)44(61)55(43(28)60)35-9-10-38(57)53-42(35)59/h2-8,22-26,35,47H,9-21H2,1H3,(H,50,58)(H,52,56)(H,48,49,51)(H,53,57,59)/b6-3+. The van der Waals surface area contributed by atoms with Crippen LogP contribution in [0.3, 0.4) is 0 Å². The Morgan fingerprint density at radius 2 is 1.75 bits per heavy atom. The maximum absolute atomic E-state index is 13.7. The molecule has 4 aromatic rings. The summed E-state index contributed by atoms with van der Waals surface area (Å²) in [6.07, 6.45) is 6.49. The molecule has 0 radical (unpaired) electrons. The van der Waals surface area contributed by atoms with Crippen molar-refractivity contribution in [2.24, 2.45) is 0 Å². The molecule has 18 nitrogen and oxygen atoms in total. The van der Waals surface area contributed by atoms with Crippen molar-refractivity contribution >= 4 is 80.8 Å². The zero-order chi connectivity index (χ0) is 45.2. The number of hydrogen-bond acceptors (Lipinski definition) is 14. The van der Waals surface area contributed by atoms with E-state index in [4.69, 9.17) is 25.8 Å². The first kappa shape index (κ1) is 45.5. The van der Waals surface area contributed by atoms with Crippen LogP contribution in [0.5, 0.6) is 5.75 Å². The van der Waals surface area contributed by atoms with Crippen molar-refractivity contribution in [2.45, 2.75) is 44.2 Å². The largest absolute Gasteiger partial charge is 0.494 e. The van der Waals surface area contributed by atoms with Crippen molar-refractivity contribution in [3.63, 3.8) is 0 Å². The van der Waals surface area contributed by atoms with Crippen molar-refractivity contribution in [1.29, 1.82) is 0 Å². The Kier molecular flexibility index (Phi) is 15.1. The molecule has 5 N–H and O–H groups in total. The molecule has 336 valence electrons. The normalized spacial score (nSPS) is 16.9. The number of amides is 6. The summed E-state index contributed by atoms with van der Waals surface area (Å²) < 4.78 is 30.4. The van der Waals surface area contributed by atoms with Gasteiger partial charge in [-0.1, -0.05) is 23.7 Å². The SMILES string of the molecule is COc1cc2ncnc(Nc3ccc(F)c(Cl)c3)c2cc1NC(=O)/C=C/CN1CCC(NC(=O)CCOCCOCCNc2cccc3c2C(=O)N(C2CCC(=O)NC2=O)C3=O)CC1. The van der Waals surface area contributed by atoms with E-state index in [9.17, 15) is 33.2 Å². The number of carbonyl (C=O) groups excluding carboxylic acids is 6. The number of hydrogen-bond donors (Lipinski definition) is 5. The first-order valence-corrected chi connectivity index (χ1v) is 21.1. The van der Waals surface area contributed by atoms with Crippen LogP contribution in [0.2, 0.25) is 5.02 Å². The summed E-state index contributed by atoms with van der Waals surface area (Å²) in [5.41, 5.74) is 2.31. The van der Waals surface area contributed by atoms with Gasteiger partial charge in [-0.05, 0) is 55.7 Å². The molecule has 4 heterocycles. The predicted molar refractivity (Wildman–Crippen MR) is 234 cm³/mol. The van der Waals surface area contributed by atoms with Gasteiger partial charge in [0.05, 0.1) is 60.9 Å². The fourth-order valence-electron chi connectivity index (χ4n) is 7.61. The van der Waals surface area contributed by atoms with Gasteiger partial charge in [0.15, 0.2) is 0 Å². The minimum absolute atomic E-state index is 0.0371. The van der Waals surface area contributed by atoms with Crippen LogP contribution in [0.15, 0.2) is 67.0 Å². The summed E-state index contributed by atoms with van der Waals surface area (Å²) in [5.74, 6) is -2.41. The van der Waals surface area contributed by atoms with Crippen LogP contribution in [0.4, 0.5) is 27.3 Å². The maximum Gasteiger partial charge on any atom is 0.264 e. The number of halogens is 2. The van der Waals surface area contributed by atoms with E-state index in [0.717, 1.165) is 30.8 Å². The van der Waals surface area contributed by atoms with Gasteiger partial charge in [0.1, 0.15) is 29.8 Å². The summed E-state index contributed by atoms with van der Waals surface area (Å²) in [6, 6.07) is 11.5. The number of nitrogens with one attached hydrogen (secondary N) is 5. The zero-order valence-electron chi connectivity index (χ0n) is 34.9. The Bertz CT molecular complexity index is 2460. The van der Waals surface area contributed by atoms with Crippen LogP contribution in [0.25, 0.3) is 10.9 Å². The van der Waals surface area contributed by atoms with Gasteiger partial charge < -0.3 is 35.5 Å². The van der Waals surface area contributed by atoms with Gasteiger partial charge in [0.2, 0.25) is 23.6 Å². The number of carbonyl (C=O) groups is 6. The van der Waals surface area contributed by atoms with Gasteiger partial charge in [-0.15, -0.1) is 0 Å². The van der Waals surface area contributed by atoms with Gasteiger partial charge in [-0.25, -0.2) is 14.4 Å². The number of likely N-dealkylation sites (tertiary alicyclic amines) is 1. The topological polar surface area (TPSA) is 223 Å². The van der Waals surface area contributed by atoms with Crippen LogP contribution >= 0.6 is 11.6 Å². The Balaban J connectivity index is 0.755. The number of rotatable bonds is 19. The highest BCUT2D eigenvalue weighted by Crippen LogP contribution is 2.34. The van der Waals surface area contributed by atoms with Crippen molar-refractivity contribution in [2.75, 3.05) is 75.7 Å². The third-order valence-electron chi connectivity index (χ3n) is 10.9. The van der Waals surface area contributed by atoms with Crippen molar-refractivity contribution < 1.29 is 47.4 Å². The minimum Gasteiger partial charge on any atom is -0.494 e. The molecule has 2 saturated heterocycles. The molecule has 3 aromatic carbocycles. The molecule has 0 bridgehead atoms. The van der Waals surface area contributed by atoms with E-state index in [-0.39, 0.29) is 79.7 Å². The molecule has 1 atom stereocenters. The van der Waals surface area contributed by atoms with Crippen molar-refractivity contribution in [1.82, 2.24) is 30.4 Å². The highest BCUT2D eigenvalue weighted by molar-refractivity contribution is 6.31. The van der Waals surface area contributed by atoms with Crippen molar-refractivity contribution in [3.05, 3.63) is 89.0 Å². The number of imide groups is 2. The van der Waals surface area contributed by atoms with E-state index in [1.807, 2.05) is 0 Å². The lowest BCUT2D eigenvalue weighted by atomic mass is 10.0. The lowest BCUT2D eigenvalue weighted by Crippen LogP contribution is -2.54. The van der Waals surface area contributed by atoms with E-state index >= 15 is 0 Å². The van der Waals surface area contributed by atoms with Crippen LogP contribution in [0, 0.1) is 5.82 Å². The first-order valence-electron chi connectivity index (χ1n) is 20.8. The van der Waals surface area contributed by atoms with E-state index in [2.05, 4.69) is 41.5 Å². The third kappa shape index (κ3) is 11.1. The smallest absolute Gasteiger partial charge is 0.264 e. The van der Waals surface area contributed by atoms with Gasteiger partial charge in [-0.2, -0.15) is 0 Å². The van der Waals surface area contributed by atoms with Gasteiger partial charge in [0, 0.05) is 74.0 Å². The van der Waals surface area contributed by atoms with Gasteiger partial charge >= 0.3 is 0 Å². The summed E-state index contributed by atoms with van der Waals surface area (Å²) in [6.45, 7) is 3.46. The molecule has 3 aliphatic rings. The maximum atomic E-state index is 13.7. The molecule has 64 heavy (non-hydrogen) atoms. The lowest BCUT2D eigenvalue weighted by molar-refractivity contribution is -0.136. The molecule has 1 unspecified atom stereocenters. The molecule has 1 aromatic heterocycles. The van der Waals surface area contributed by atoms with Gasteiger partial charge in [0.25, 0.3) is 11.8 Å². The fraction of sp³-hybridized carbons (Fsp3) is 0.364. The van der Waals surface area contributed by atoms with Crippen LogP contribution in [-0.2, 0) is 28.7 Å². The minimum atomic E-state index is -1.04. The molecule has 6 amide bonds. The highest BCUT2D eigenvalue weighted by atomic mass is 35.5. The molecule has 0 aliphatic carbocycles. The molecule has 7 rings (SSSR count). The quantitative estimate of drug-likeness (QED) is 0.0506. The number of benzene rings is 3. The predicted octanol–water partition coefficient (Wildman–Crippen LogP) is 4.19. The number of piperidine rings is 2. The highest BCUT2D eigenvalue weighted by Gasteiger charge is 2.45. The number of ether oxygens (including phenoxy) is 3. The summed E-state index contributed by atoms with van der Waals surface area (Å²) >= 11 is 5.95. The second-order valence-corrected chi connectivity index (χ2v) is 15.6. The Hall–Kier alpha value is -6.54. The fourth-order valence-corrected chi connectivity index (χ4v) is 7.79. The second kappa shape index (κ2) is 21.2. The Morgan fingerprint density at radius 3 is 2.52 bits per heavy atom. The lowest BCUT2D eigenvalue weighted by Gasteiger charge is -2.31. The number of fused-ring (bicyclic) bond motifs is 2. The number of methoxy groups -OCH3 is 1. The average Bonchev–Trinajstić information content (AvgIpc) is 3.53. The van der Waals surface area contributed by atoms with Crippen molar-refractivity contribution in [3.8, 4) is 5.75 Å². The van der Waals surface area contributed by atoms with E-state index < -0.39 is 35.5 Å².